The Morgan fingerprint density at radius 1 is 1.39 bits per heavy atom. The number of aromatic nitrogens is 1. The third-order valence-corrected chi connectivity index (χ3v) is 4.33. The molecule has 0 atom stereocenters. The molecule has 3 rings (SSSR count). The molecule has 0 spiro atoms. The lowest BCUT2D eigenvalue weighted by atomic mass is 10.1. The predicted octanol–water partition coefficient (Wildman–Crippen LogP) is 2.65. The van der Waals surface area contributed by atoms with Crippen LogP contribution in [0.25, 0.3) is 10.9 Å². The second-order valence-corrected chi connectivity index (χ2v) is 6.23. The first-order chi connectivity index (χ1) is 11.1. The van der Waals surface area contributed by atoms with E-state index >= 15 is 0 Å². The van der Waals surface area contributed by atoms with Crippen molar-refractivity contribution in [3.63, 3.8) is 0 Å². The number of anilines is 1. The molecular formula is C15H17BrN4O3. The molecule has 122 valence electrons. The Balaban J connectivity index is 1.83. The van der Waals surface area contributed by atoms with Crippen LogP contribution in [0, 0.1) is 10.1 Å². The molecule has 2 heterocycles. The predicted molar refractivity (Wildman–Crippen MR) is 91.8 cm³/mol. The van der Waals surface area contributed by atoms with E-state index in [1.807, 2.05) is 18.2 Å². The number of nitrogens with one attached hydrogen (secondary N) is 1. The van der Waals surface area contributed by atoms with Gasteiger partial charge in [0, 0.05) is 36.0 Å². The Hall–Kier alpha value is -1.77. The minimum absolute atomic E-state index is 0.00224. The molecule has 0 saturated carbocycles. The highest BCUT2D eigenvalue weighted by Crippen LogP contribution is 2.32. The summed E-state index contributed by atoms with van der Waals surface area (Å²) in [6.45, 7) is 4.72. The maximum atomic E-state index is 11.3. The van der Waals surface area contributed by atoms with Crippen molar-refractivity contribution < 1.29 is 9.66 Å². The number of fused-ring (bicyclic) bond motifs is 1. The fraction of sp³-hybridized carbons (Fsp3) is 0.400. The number of nitro groups is 1. The van der Waals surface area contributed by atoms with E-state index in [1.54, 1.807) is 0 Å². The van der Waals surface area contributed by atoms with Crippen molar-refractivity contribution >= 4 is 38.2 Å². The highest BCUT2D eigenvalue weighted by Gasteiger charge is 2.18. The molecule has 1 fully saturated rings. The summed E-state index contributed by atoms with van der Waals surface area (Å²) >= 11 is 3.41. The third-order valence-electron chi connectivity index (χ3n) is 3.84. The number of halogens is 1. The zero-order valence-electron chi connectivity index (χ0n) is 12.5. The Morgan fingerprint density at radius 3 is 2.91 bits per heavy atom. The quantitative estimate of drug-likeness (QED) is 0.634. The molecule has 1 aliphatic heterocycles. The van der Waals surface area contributed by atoms with Crippen LogP contribution in [0.15, 0.2) is 28.9 Å². The molecule has 0 aliphatic carbocycles. The summed E-state index contributed by atoms with van der Waals surface area (Å²) in [4.78, 5) is 17.4. The highest BCUT2D eigenvalue weighted by atomic mass is 79.9. The van der Waals surface area contributed by atoms with Gasteiger partial charge in [0.25, 0.3) is 0 Å². The van der Waals surface area contributed by atoms with Crippen molar-refractivity contribution in [1.82, 2.24) is 9.88 Å². The van der Waals surface area contributed by atoms with Crippen molar-refractivity contribution in [3.8, 4) is 0 Å². The summed E-state index contributed by atoms with van der Waals surface area (Å²) < 4.78 is 6.19. The molecule has 0 radical (unpaired) electrons. The van der Waals surface area contributed by atoms with Crippen molar-refractivity contribution in [1.29, 1.82) is 0 Å². The molecule has 1 aliphatic rings. The lowest BCUT2D eigenvalue weighted by Gasteiger charge is -2.26. The van der Waals surface area contributed by atoms with Crippen LogP contribution in [0.1, 0.15) is 0 Å². The second kappa shape index (κ2) is 7.20. The molecule has 2 aromatic rings. The Bertz CT molecular complexity index is 719. The Kier molecular flexibility index (Phi) is 5.04. The standard InChI is InChI=1S/C15H17BrN4O3/c16-11-1-2-13-12(9-11)15(14(10-18-13)20(21)22)17-3-4-19-5-7-23-8-6-19/h1-2,9-10H,3-8H2,(H,17,18). The van der Waals surface area contributed by atoms with E-state index in [0.29, 0.717) is 12.2 Å². The second-order valence-electron chi connectivity index (χ2n) is 5.32. The molecule has 1 saturated heterocycles. The van der Waals surface area contributed by atoms with Gasteiger partial charge in [0.15, 0.2) is 0 Å². The van der Waals surface area contributed by atoms with Gasteiger partial charge in [0.1, 0.15) is 11.9 Å². The van der Waals surface area contributed by atoms with E-state index in [-0.39, 0.29) is 5.69 Å². The molecular weight excluding hydrogens is 364 g/mol. The highest BCUT2D eigenvalue weighted by molar-refractivity contribution is 9.10. The van der Waals surface area contributed by atoms with Gasteiger partial charge < -0.3 is 10.1 Å². The van der Waals surface area contributed by atoms with Crippen LogP contribution in [-0.2, 0) is 4.74 Å². The monoisotopic (exact) mass is 380 g/mol. The number of hydrogen-bond donors (Lipinski definition) is 1. The van der Waals surface area contributed by atoms with E-state index in [2.05, 4.69) is 31.1 Å². The van der Waals surface area contributed by atoms with Gasteiger partial charge in [0.05, 0.1) is 23.7 Å². The number of ether oxygens (including phenoxy) is 1. The molecule has 8 heteroatoms. The minimum atomic E-state index is -0.398. The summed E-state index contributed by atoms with van der Waals surface area (Å²) in [5.74, 6) is 0. The largest absolute Gasteiger partial charge is 0.379 e. The van der Waals surface area contributed by atoms with E-state index in [4.69, 9.17) is 4.74 Å². The van der Waals surface area contributed by atoms with Gasteiger partial charge >= 0.3 is 5.69 Å². The molecule has 7 nitrogen and oxygen atoms in total. The Morgan fingerprint density at radius 2 is 2.17 bits per heavy atom. The van der Waals surface area contributed by atoms with Gasteiger partial charge in [-0.05, 0) is 18.2 Å². The fourth-order valence-electron chi connectivity index (χ4n) is 2.64. The molecule has 1 N–H and O–H groups in total. The van der Waals surface area contributed by atoms with Gasteiger partial charge in [-0.3, -0.25) is 15.0 Å². The molecule has 1 aromatic heterocycles. The molecule has 0 bridgehead atoms. The lowest BCUT2D eigenvalue weighted by Crippen LogP contribution is -2.39. The van der Waals surface area contributed by atoms with Crippen LogP contribution in [0.2, 0.25) is 0 Å². The Labute approximate surface area is 141 Å². The van der Waals surface area contributed by atoms with Crippen LogP contribution in [0.5, 0.6) is 0 Å². The smallest absolute Gasteiger partial charge is 0.311 e. The van der Waals surface area contributed by atoms with Crippen LogP contribution in [0.3, 0.4) is 0 Å². The summed E-state index contributed by atoms with van der Waals surface area (Å²) in [6.07, 6.45) is 1.31. The van der Waals surface area contributed by atoms with Gasteiger partial charge in [-0.1, -0.05) is 15.9 Å². The maximum Gasteiger partial charge on any atom is 0.311 e. The first-order valence-corrected chi connectivity index (χ1v) is 8.21. The zero-order valence-corrected chi connectivity index (χ0v) is 14.1. The lowest BCUT2D eigenvalue weighted by molar-refractivity contribution is -0.384. The van der Waals surface area contributed by atoms with Gasteiger partial charge in [-0.25, -0.2) is 4.98 Å². The fourth-order valence-corrected chi connectivity index (χ4v) is 3.00. The first kappa shape index (κ1) is 16.1. The van der Waals surface area contributed by atoms with Crippen molar-refractivity contribution in [2.75, 3.05) is 44.7 Å². The van der Waals surface area contributed by atoms with Gasteiger partial charge in [-0.2, -0.15) is 0 Å². The number of benzene rings is 1. The number of nitrogens with zero attached hydrogens (tertiary/aromatic N) is 3. The summed E-state index contributed by atoms with van der Waals surface area (Å²) in [5, 5.41) is 15.3. The van der Waals surface area contributed by atoms with Crippen LogP contribution >= 0.6 is 15.9 Å². The van der Waals surface area contributed by atoms with Crippen LogP contribution in [-0.4, -0.2) is 54.2 Å². The number of morpholine rings is 1. The van der Waals surface area contributed by atoms with Gasteiger partial charge in [0.2, 0.25) is 0 Å². The zero-order chi connectivity index (χ0) is 16.2. The first-order valence-electron chi connectivity index (χ1n) is 7.42. The SMILES string of the molecule is O=[N+]([O-])c1cnc2ccc(Br)cc2c1NCCN1CCOCC1. The number of rotatable bonds is 5. The van der Waals surface area contributed by atoms with Gasteiger partial charge in [-0.15, -0.1) is 0 Å². The van der Waals surface area contributed by atoms with E-state index < -0.39 is 4.92 Å². The molecule has 0 unspecified atom stereocenters. The van der Waals surface area contributed by atoms with Crippen LogP contribution in [0.4, 0.5) is 11.4 Å². The van der Waals surface area contributed by atoms with E-state index in [9.17, 15) is 10.1 Å². The third kappa shape index (κ3) is 3.77. The van der Waals surface area contributed by atoms with E-state index in [0.717, 1.165) is 48.2 Å². The molecule has 1 aromatic carbocycles. The average molecular weight is 381 g/mol. The summed E-state index contributed by atoms with van der Waals surface area (Å²) in [7, 11) is 0. The number of pyridine rings is 1. The number of hydrogen-bond acceptors (Lipinski definition) is 6. The maximum absolute atomic E-state index is 11.3. The summed E-state index contributed by atoms with van der Waals surface area (Å²) in [5.41, 5.74) is 1.25. The molecule has 0 amide bonds. The van der Waals surface area contributed by atoms with Crippen molar-refractivity contribution in [3.05, 3.63) is 39.0 Å². The molecule has 23 heavy (non-hydrogen) atoms. The average Bonchev–Trinajstić information content (AvgIpc) is 2.55. The minimum Gasteiger partial charge on any atom is -0.379 e. The van der Waals surface area contributed by atoms with E-state index in [1.165, 1.54) is 6.20 Å². The topological polar surface area (TPSA) is 80.5 Å². The van der Waals surface area contributed by atoms with Crippen molar-refractivity contribution in [2.24, 2.45) is 0 Å². The van der Waals surface area contributed by atoms with Crippen LogP contribution < -0.4 is 5.32 Å². The van der Waals surface area contributed by atoms with Crippen molar-refractivity contribution in [2.45, 2.75) is 0 Å². The normalized spacial score (nSPS) is 15.7. The summed E-state index contributed by atoms with van der Waals surface area (Å²) in [6, 6.07) is 5.57.